The second kappa shape index (κ2) is 6.62. The van der Waals surface area contributed by atoms with E-state index in [-0.39, 0.29) is 12.5 Å². The van der Waals surface area contributed by atoms with Gasteiger partial charge >= 0.3 is 6.09 Å². The summed E-state index contributed by atoms with van der Waals surface area (Å²) in [7, 11) is 1.82. The Kier molecular flexibility index (Phi) is 4.50. The number of likely N-dealkylation sites (N-methyl/N-ethyl adjacent to an activating group) is 1. The van der Waals surface area contributed by atoms with Gasteiger partial charge in [-0.05, 0) is 32.9 Å². The summed E-state index contributed by atoms with van der Waals surface area (Å²) in [5, 5.41) is 5.45. The highest BCUT2D eigenvalue weighted by Crippen LogP contribution is 2.35. The maximum atomic E-state index is 11.8. The maximum Gasteiger partial charge on any atom is 0.412 e. The van der Waals surface area contributed by atoms with E-state index in [9.17, 15) is 9.59 Å². The minimum absolute atomic E-state index is 0.110. The second-order valence-corrected chi connectivity index (χ2v) is 7.03. The van der Waals surface area contributed by atoms with Gasteiger partial charge in [0.2, 0.25) is 5.91 Å². The average Bonchev–Trinajstić information content (AvgIpc) is 2.53. The standard InChI is InChI=1S/C18H21N5O3/c1-18(2,3)26-17(25)21-12-7-5-11(6-8-12)14-15-16(20-10-19-14)22-13(24)9-23(15)4/h5-8,10H,9H2,1-4H3,(H,21,25)(H,19,20,22,24). The second-order valence-electron chi connectivity index (χ2n) is 7.03. The fourth-order valence-electron chi connectivity index (χ4n) is 2.64. The van der Waals surface area contributed by atoms with Crippen molar-refractivity contribution in [1.29, 1.82) is 0 Å². The third kappa shape index (κ3) is 3.90. The van der Waals surface area contributed by atoms with E-state index in [0.717, 1.165) is 11.3 Å². The molecule has 0 saturated heterocycles. The molecule has 2 aromatic rings. The molecule has 0 aliphatic carbocycles. The number of nitrogens with zero attached hydrogens (tertiary/aromatic N) is 3. The zero-order chi connectivity index (χ0) is 18.9. The third-order valence-corrected chi connectivity index (χ3v) is 3.65. The van der Waals surface area contributed by atoms with Crippen molar-refractivity contribution in [3.8, 4) is 11.3 Å². The highest BCUT2D eigenvalue weighted by atomic mass is 16.6. The van der Waals surface area contributed by atoms with Crippen LogP contribution in [0.4, 0.5) is 22.0 Å². The fraction of sp³-hybridized carbons (Fsp3) is 0.333. The lowest BCUT2D eigenvalue weighted by Gasteiger charge is -2.27. The molecule has 0 saturated carbocycles. The van der Waals surface area contributed by atoms with E-state index in [1.54, 1.807) is 12.1 Å². The SMILES string of the molecule is CN1CC(=O)Nc2ncnc(-c3ccc(NC(=O)OC(C)(C)C)cc3)c21. The van der Waals surface area contributed by atoms with Crippen molar-refractivity contribution in [3.63, 3.8) is 0 Å². The largest absolute Gasteiger partial charge is 0.444 e. The number of rotatable bonds is 2. The van der Waals surface area contributed by atoms with Crippen molar-refractivity contribution in [2.45, 2.75) is 26.4 Å². The molecule has 0 spiro atoms. The Balaban J connectivity index is 1.83. The zero-order valence-corrected chi connectivity index (χ0v) is 15.2. The molecule has 0 unspecified atom stereocenters. The highest BCUT2D eigenvalue weighted by Gasteiger charge is 2.24. The van der Waals surface area contributed by atoms with Gasteiger partial charge < -0.3 is 15.0 Å². The average molecular weight is 355 g/mol. The van der Waals surface area contributed by atoms with Crippen LogP contribution in [0.3, 0.4) is 0 Å². The van der Waals surface area contributed by atoms with Gasteiger partial charge in [-0.2, -0.15) is 0 Å². The molecule has 136 valence electrons. The molecule has 0 bridgehead atoms. The molecule has 0 atom stereocenters. The first kappa shape index (κ1) is 17.7. The molecular formula is C18H21N5O3. The van der Waals surface area contributed by atoms with E-state index < -0.39 is 11.7 Å². The molecule has 0 fully saturated rings. The fourth-order valence-corrected chi connectivity index (χ4v) is 2.64. The molecule has 8 nitrogen and oxygen atoms in total. The lowest BCUT2D eigenvalue weighted by molar-refractivity contribution is -0.115. The molecule has 1 aromatic heterocycles. The Hall–Kier alpha value is -3.16. The minimum atomic E-state index is -0.556. The number of carbonyl (C=O) groups is 2. The summed E-state index contributed by atoms with van der Waals surface area (Å²) in [4.78, 5) is 33.8. The summed E-state index contributed by atoms with van der Waals surface area (Å²) in [6.45, 7) is 5.67. The van der Waals surface area contributed by atoms with E-state index in [1.165, 1.54) is 6.33 Å². The molecule has 0 radical (unpaired) electrons. The first-order valence-electron chi connectivity index (χ1n) is 8.19. The van der Waals surface area contributed by atoms with Crippen LogP contribution >= 0.6 is 0 Å². The van der Waals surface area contributed by atoms with Crippen LogP contribution in [-0.2, 0) is 9.53 Å². The first-order chi connectivity index (χ1) is 12.2. The number of carbonyl (C=O) groups excluding carboxylic acids is 2. The lowest BCUT2D eigenvalue weighted by Crippen LogP contribution is -2.36. The smallest absolute Gasteiger partial charge is 0.412 e. The van der Waals surface area contributed by atoms with Gasteiger partial charge in [0, 0.05) is 18.3 Å². The number of anilines is 3. The topological polar surface area (TPSA) is 96.5 Å². The van der Waals surface area contributed by atoms with Crippen LogP contribution in [-0.4, -0.2) is 41.2 Å². The Morgan fingerprint density at radius 3 is 2.58 bits per heavy atom. The van der Waals surface area contributed by atoms with Gasteiger partial charge in [0.15, 0.2) is 5.82 Å². The van der Waals surface area contributed by atoms with Crippen molar-refractivity contribution in [1.82, 2.24) is 9.97 Å². The Labute approximate surface area is 151 Å². The van der Waals surface area contributed by atoms with Gasteiger partial charge in [-0.1, -0.05) is 12.1 Å². The van der Waals surface area contributed by atoms with Gasteiger partial charge in [-0.3, -0.25) is 10.1 Å². The summed E-state index contributed by atoms with van der Waals surface area (Å²) in [5.74, 6) is 0.381. The predicted octanol–water partition coefficient (Wildman–Crippen LogP) is 2.88. The third-order valence-electron chi connectivity index (χ3n) is 3.65. The van der Waals surface area contributed by atoms with Crippen LogP contribution in [0.2, 0.25) is 0 Å². The predicted molar refractivity (Wildman–Crippen MR) is 99.2 cm³/mol. The van der Waals surface area contributed by atoms with Gasteiger partial charge in [0.05, 0.1) is 12.2 Å². The number of ether oxygens (including phenoxy) is 1. The Morgan fingerprint density at radius 1 is 1.23 bits per heavy atom. The molecule has 1 aromatic carbocycles. The number of hydrogen-bond acceptors (Lipinski definition) is 6. The molecule has 2 N–H and O–H groups in total. The maximum absolute atomic E-state index is 11.8. The van der Waals surface area contributed by atoms with E-state index in [2.05, 4.69) is 20.6 Å². The number of fused-ring (bicyclic) bond motifs is 1. The van der Waals surface area contributed by atoms with Crippen LogP contribution in [0.25, 0.3) is 11.3 Å². The van der Waals surface area contributed by atoms with E-state index in [0.29, 0.717) is 17.2 Å². The number of amides is 2. The quantitative estimate of drug-likeness (QED) is 0.860. The molecule has 1 aliphatic heterocycles. The summed E-state index contributed by atoms with van der Waals surface area (Å²) in [6.07, 6.45) is 0.910. The monoisotopic (exact) mass is 355 g/mol. The molecule has 2 heterocycles. The molecule has 3 rings (SSSR count). The lowest BCUT2D eigenvalue weighted by atomic mass is 10.1. The van der Waals surface area contributed by atoms with Gasteiger partial charge in [0.1, 0.15) is 17.6 Å². The van der Waals surface area contributed by atoms with E-state index in [1.807, 2.05) is 44.9 Å². The Morgan fingerprint density at radius 2 is 1.92 bits per heavy atom. The normalized spacial score (nSPS) is 13.7. The Bertz CT molecular complexity index is 843. The summed E-state index contributed by atoms with van der Waals surface area (Å²) < 4.78 is 5.24. The molecule has 1 aliphatic rings. The number of nitrogens with one attached hydrogen (secondary N) is 2. The van der Waals surface area contributed by atoms with Crippen LogP contribution < -0.4 is 15.5 Å². The molecule has 8 heteroatoms. The van der Waals surface area contributed by atoms with Gasteiger partial charge in [-0.25, -0.2) is 14.8 Å². The summed E-state index contributed by atoms with van der Waals surface area (Å²) in [6, 6.07) is 7.24. The van der Waals surface area contributed by atoms with Crippen molar-refractivity contribution >= 4 is 29.2 Å². The van der Waals surface area contributed by atoms with Crippen LogP contribution in [0.1, 0.15) is 20.8 Å². The van der Waals surface area contributed by atoms with E-state index >= 15 is 0 Å². The first-order valence-corrected chi connectivity index (χ1v) is 8.19. The summed E-state index contributed by atoms with van der Waals surface area (Å²) in [5.41, 5.74) is 2.38. The molecule has 2 amide bonds. The van der Waals surface area contributed by atoms with Crippen LogP contribution in [0.15, 0.2) is 30.6 Å². The van der Waals surface area contributed by atoms with Crippen LogP contribution in [0.5, 0.6) is 0 Å². The number of hydrogen-bond donors (Lipinski definition) is 2. The highest BCUT2D eigenvalue weighted by molar-refractivity contribution is 6.02. The zero-order valence-electron chi connectivity index (χ0n) is 15.2. The van der Waals surface area contributed by atoms with Crippen molar-refractivity contribution in [2.24, 2.45) is 0 Å². The van der Waals surface area contributed by atoms with Crippen molar-refractivity contribution < 1.29 is 14.3 Å². The van der Waals surface area contributed by atoms with E-state index in [4.69, 9.17) is 4.74 Å². The molecule has 26 heavy (non-hydrogen) atoms. The van der Waals surface area contributed by atoms with Gasteiger partial charge in [-0.15, -0.1) is 0 Å². The van der Waals surface area contributed by atoms with Crippen LogP contribution in [0, 0.1) is 0 Å². The summed E-state index contributed by atoms with van der Waals surface area (Å²) >= 11 is 0. The van der Waals surface area contributed by atoms with Gasteiger partial charge in [0.25, 0.3) is 0 Å². The number of aromatic nitrogens is 2. The van der Waals surface area contributed by atoms with Crippen molar-refractivity contribution in [2.75, 3.05) is 29.1 Å². The number of benzene rings is 1. The molecular weight excluding hydrogens is 334 g/mol. The van der Waals surface area contributed by atoms with Crippen molar-refractivity contribution in [3.05, 3.63) is 30.6 Å². The minimum Gasteiger partial charge on any atom is -0.444 e.